The Balaban J connectivity index is 1.15. The lowest BCUT2D eigenvalue weighted by Gasteiger charge is -2.55. The molecule has 1 aliphatic heterocycles. The molecule has 4 aromatic carbocycles. The van der Waals surface area contributed by atoms with Crippen LogP contribution in [0.1, 0.15) is 54.4 Å². The summed E-state index contributed by atoms with van der Waals surface area (Å²) in [6.07, 6.45) is 2.10. The van der Waals surface area contributed by atoms with E-state index in [1.165, 1.54) is 6.42 Å². The van der Waals surface area contributed by atoms with Gasteiger partial charge in [0.15, 0.2) is 15.3 Å². The molecule has 5 atom stereocenters. The summed E-state index contributed by atoms with van der Waals surface area (Å²) in [6, 6.07) is 39.8. The fourth-order valence-corrected chi connectivity index (χ4v) is 12.3. The number of rotatable bonds is 15. The maximum atomic E-state index is 15.3. The molecule has 5 fully saturated rings. The third-order valence-corrected chi connectivity index (χ3v) is 14.2. The average molecular weight is 723 g/mol. The van der Waals surface area contributed by atoms with Crippen molar-refractivity contribution in [3.8, 4) is 0 Å². The van der Waals surface area contributed by atoms with Gasteiger partial charge in [-0.05, 0) is 78.0 Å². The molecule has 4 saturated carbocycles. The van der Waals surface area contributed by atoms with Crippen LogP contribution in [0, 0.1) is 23.7 Å². The summed E-state index contributed by atoms with van der Waals surface area (Å²) in [5, 5.41) is -0.449. The van der Waals surface area contributed by atoms with Crippen LogP contribution in [0.2, 0.25) is 0 Å². The molecule has 0 radical (unpaired) electrons. The minimum atomic E-state index is -3.86. The molecule has 0 aromatic heterocycles. The number of sulfone groups is 1. The van der Waals surface area contributed by atoms with Crippen LogP contribution in [0.4, 0.5) is 0 Å². The van der Waals surface area contributed by atoms with E-state index in [2.05, 4.69) is 0 Å². The van der Waals surface area contributed by atoms with Crippen molar-refractivity contribution >= 4 is 9.84 Å². The summed E-state index contributed by atoms with van der Waals surface area (Å²) in [5.74, 6) is 1.60. The highest BCUT2D eigenvalue weighted by molar-refractivity contribution is 7.92. The molecule has 0 spiro atoms. The lowest BCUT2D eigenvalue weighted by atomic mass is 9.56. The molecule has 1 saturated heterocycles. The molecule has 4 aliphatic carbocycles. The zero-order valence-corrected chi connectivity index (χ0v) is 30.5. The zero-order valence-electron chi connectivity index (χ0n) is 29.7. The van der Waals surface area contributed by atoms with E-state index in [-0.39, 0.29) is 31.7 Å². The van der Waals surface area contributed by atoms with Crippen molar-refractivity contribution in [1.82, 2.24) is 0 Å². The Labute approximate surface area is 308 Å². The van der Waals surface area contributed by atoms with E-state index in [0.717, 1.165) is 47.9 Å². The molecule has 4 aromatic rings. The van der Waals surface area contributed by atoms with E-state index in [4.69, 9.17) is 23.7 Å². The van der Waals surface area contributed by atoms with E-state index >= 15 is 8.42 Å². The van der Waals surface area contributed by atoms with Crippen molar-refractivity contribution < 1.29 is 32.1 Å². The molecule has 1 heterocycles. The van der Waals surface area contributed by atoms with E-state index in [0.29, 0.717) is 25.0 Å². The zero-order chi connectivity index (χ0) is 35.3. The minimum absolute atomic E-state index is 0.138. The third kappa shape index (κ3) is 8.08. The molecule has 52 heavy (non-hydrogen) atoms. The number of hydrogen-bond donors (Lipinski definition) is 0. The minimum Gasteiger partial charge on any atom is -0.374 e. The van der Waals surface area contributed by atoms with Gasteiger partial charge in [0.05, 0.1) is 38.3 Å². The first-order valence-corrected chi connectivity index (χ1v) is 20.6. The van der Waals surface area contributed by atoms with Crippen molar-refractivity contribution in [2.24, 2.45) is 23.7 Å². The molecular formula is C44H50O7S. The Kier molecular flexibility index (Phi) is 11.2. The standard InChI is InChI=1S/C44H50O7S/c45-52(46,43-37-22-35-21-36(24-37)25-38(43)23-35)44-42(50-29-34-19-11-4-12-20-34)41(49-28-33-17-9-3-10-18-33)40(48-27-32-15-7-2-8-16-32)39(51-44)30-47-26-31-13-5-1-6-14-31/h1-20,35-44H,21-30H2/t35?,36?,37?,38?,39-,40-,41+,42-,43?,44-/m1/s1. The van der Waals surface area contributed by atoms with Gasteiger partial charge in [-0.1, -0.05) is 121 Å². The summed E-state index contributed by atoms with van der Waals surface area (Å²) >= 11 is 0. The van der Waals surface area contributed by atoms with Gasteiger partial charge in [-0.3, -0.25) is 0 Å². The maximum Gasteiger partial charge on any atom is 0.188 e. The Morgan fingerprint density at radius 1 is 0.500 bits per heavy atom. The lowest BCUT2D eigenvalue weighted by molar-refractivity contribution is -0.256. The average Bonchev–Trinajstić information content (AvgIpc) is 3.17. The maximum absolute atomic E-state index is 15.3. The van der Waals surface area contributed by atoms with Gasteiger partial charge in [0, 0.05) is 0 Å². The van der Waals surface area contributed by atoms with Gasteiger partial charge in [-0.2, -0.15) is 0 Å². The molecule has 7 nitrogen and oxygen atoms in total. The predicted molar refractivity (Wildman–Crippen MR) is 200 cm³/mol. The SMILES string of the molecule is O=S(=O)(C1C2CC3CC(C2)CC1C3)[C@H]1O[C@H](COCc2ccccc2)[C@@H](OCc2ccccc2)[C@H](OCc2ccccc2)[C@H]1OCc1ccccc1. The van der Waals surface area contributed by atoms with Crippen molar-refractivity contribution in [2.45, 2.75) is 93.6 Å². The van der Waals surface area contributed by atoms with Gasteiger partial charge in [0.1, 0.15) is 24.4 Å². The van der Waals surface area contributed by atoms with Crippen LogP contribution in [0.5, 0.6) is 0 Å². The summed E-state index contributed by atoms with van der Waals surface area (Å²) in [4.78, 5) is 0. The van der Waals surface area contributed by atoms with Crippen molar-refractivity contribution in [1.29, 1.82) is 0 Å². The highest BCUT2D eigenvalue weighted by Crippen LogP contribution is 2.56. The molecule has 9 rings (SSSR count). The van der Waals surface area contributed by atoms with Gasteiger partial charge in [0.25, 0.3) is 0 Å². The Morgan fingerprint density at radius 2 is 0.904 bits per heavy atom. The second kappa shape index (κ2) is 16.3. The first-order chi connectivity index (χ1) is 25.5. The first-order valence-electron chi connectivity index (χ1n) is 19.0. The quantitative estimate of drug-likeness (QED) is 0.123. The Hall–Kier alpha value is -3.37. The topological polar surface area (TPSA) is 80.3 Å². The predicted octanol–water partition coefficient (Wildman–Crippen LogP) is 7.92. The summed E-state index contributed by atoms with van der Waals surface area (Å²) in [7, 11) is -3.86. The van der Waals surface area contributed by atoms with Crippen LogP contribution in [0.3, 0.4) is 0 Å². The van der Waals surface area contributed by atoms with E-state index < -0.39 is 44.9 Å². The highest BCUT2D eigenvalue weighted by atomic mass is 32.2. The first kappa shape index (κ1) is 35.6. The summed E-state index contributed by atoms with van der Waals surface area (Å²) in [5.41, 5.74) is 2.72. The Morgan fingerprint density at radius 3 is 1.37 bits per heavy atom. The molecular weight excluding hydrogens is 673 g/mol. The van der Waals surface area contributed by atoms with Crippen LogP contribution in [0.15, 0.2) is 121 Å². The highest BCUT2D eigenvalue weighted by Gasteiger charge is 2.60. The monoisotopic (exact) mass is 722 g/mol. The van der Waals surface area contributed by atoms with Crippen LogP contribution in [0.25, 0.3) is 0 Å². The number of benzene rings is 4. The third-order valence-electron chi connectivity index (χ3n) is 11.7. The smallest absolute Gasteiger partial charge is 0.188 e. The van der Waals surface area contributed by atoms with Gasteiger partial charge in [-0.25, -0.2) is 8.42 Å². The van der Waals surface area contributed by atoms with Crippen LogP contribution in [-0.2, 0) is 59.9 Å². The Bertz CT molecular complexity index is 1780. The van der Waals surface area contributed by atoms with Crippen molar-refractivity contribution in [3.63, 3.8) is 0 Å². The molecule has 274 valence electrons. The second-order valence-electron chi connectivity index (χ2n) is 15.3. The summed E-state index contributed by atoms with van der Waals surface area (Å²) < 4.78 is 64.2. The molecule has 0 N–H and O–H groups in total. The summed E-state index contributed by atoms with van der Waals surface area (Å²) in [6.45, 7) is 1.29. The van der Waals surface area contributed by atoms with Gasteiger partial charge in [0.2, 0.25) is 0 Å². The van der Waals surface area contributed by atoms with Gasteiger partial charge >= 0.3 is 0 Å². The van der Waals surface area contributed by atoms with Gasteiger partial charge in [-0.15, -0.1) is 0 Å². The largest absolute Gasteiger partial charge is 0.374 e. The second-order valence-corrected chi connectivity index (χ2v) is 17.5. The molecule has 5 aliphatic rings. The molecule has 0 amide bonds. The van der Waals surface area contributed by atoms with Crippen molar-refractivity contribution in [3.05, 3.63) is 144 Å². The van der Waals surface area contributed by atoms with E-state index in [1.54, 1.807) is 0 Å². The van der Waals surface area contributed by atoms with Crippen molar-refractivity contribution in [2.75, 3.05) is 6.61 Å². The number of hydrogen-bond acceptors (Lipinski definition) is 7. The number of ether oxygens (including phenoxy) is 5. The normalized spacial score (nSPS) is 31.1. The van der Waals surface area contributed by atoms with E-state index in [9.17, 15) is 0 Å². The fraction of sp³-hybridized carbons (Fsp3) is 0.455. The van der Waals surface area contributed by atoms with Crippen LogP contribution >= 0.6 is 0 Å². The molecule has 0 unspecified atom stereocenters. The van der Waals surface area contributed by atoms with Crippen LogP contribution in [-0.4, -0.2) is 50.1 Å². The molecule has 4 bridgehead atoms. The van der Waals surface area contributed by atoms with Gasteiger partial charge < -0.3 is 23.7 Å². The lowest BCUT2D eigenvalue weighted by Crippen LogP contribution is -2.65. The molecule has 8 heteroatoms. The van der Waals surface area contributed by atoms with Crippen LogP contribution < -0.4 is 0 Å². The fourth-order valence-electron chi connectivity index (χ4n) is 9.58. The van der Waals surface area contributed by atoms with E-state index in [1.807, 2.05) is 121 Å².